The third kappa shape index (κ3) is 6.63. The molecule has 0 bridgehead atoms. The molecule has 2 heterocycles. The maximum atomic E-state index is 12.8. The third-order valence-corrected chi connectivity index (χ3v) is 8.54. The van der Waals surface area contributed by atoms with Crippen LogP contribution in [0, 0.1) is 6.92 Å². The number of hydrogen-bond acceptors (Lipinski definition) is 7. The van der Waals surface area contributed by atoms with Gasteiger partial charge in [-0.05, 0) is 58.9 Å². The molecule has 1 aliphatic rings. The molecule has 3 aromatic carbocycles. The average Bonchev–Trinajstić information content (AvgIpc) is 3.39. The maximum absolute atomic E-state index is 12.8. The molecule has 2 unspecified atom stereocenters. The Hall–Kier alpha value is -3.69. The summed E-state index contributed by atoms with van der Waals surface area (Å²) in [5.74, 6) is 1.43. The summed E-state index contributed by atoms with van der Waals surface area (Å²) in [6, 6.07) is 25.8. The minimum absolute atomic E-state index is 0. The molecule has 43 heavy (non-hydrogen) atoms. The van der Waals surface area contributed by atoms with E-state index >= 15 is 0 Å². The molecule has 226 valence electrons. The lowest BCUT2D eigenvalue weighted by Gasteiger charge is -2.38. The van der Waals surface area contributed by atoms with Crippen LogP contribution in [0.5, 0.6) is 11.5 Å². The van der Waals surface area contributed by atoms with Crippen LogP contribution in [0.2, 0.25) is 0 Å². The lowest BCUT2D eigenvalue weighted by atomic mass is 9.66. The number of nitrogens with one attached hydrogen (secondary N) is 1. The topological polar surface area (TPSA) is 109 Å². The van der Waals surface area contributed by atoms with Gasteiger partial charge in [0.25, 0.3) is 5.56 Å². The average molecular weight is 624 g/mol. The van der Waals surface area contributed by atoms with Crippen molar-refractivity contribution >= 4 is 19.5 Å². The van der Waals surface area contributed by atoms with Crippen molar-refractivity contribution in [1.29, 1.82) is 0 Å². The van der Waals surface area contributed by atoms with Crippen LogP contribution in [0.4, 0.5) is 0 Å². The van der Waals surface area contributed by atoms with Gasteiger partial charge in [-0.25, -0.2) is 4.79 Å². The molecule has 5 rings (SSSR count). The van der Waals surface area contributed by atoms with E-state index in [4.69, 9.17) is 18.7 Å². The van der Waals surface area contributed by atoms with Crippen LogP contribution in [-0.2, 0) is 19.2 Å². The number of aryl methyl sites for hydroxylation is 1. The summed E-state index contributed by atoms with van der Waals surface area (Å²) in [5, 5.41) is 0. The highest BCUT2D eigenvalue weighted by Gasteiger charge is 2.48. The predicted octanol–water partition coefficient (Wildman–Crippen LogP) is 6.18. The zero-order valence-electron chi connectivity index (χ0n) is 23.4. The Balaban J connectivity index is 0.00000423. The van der Waals surface area contributed by atoms with E-state index in [2.05, 4.69) is 29.4 Å². The van der Waals surface area contributed by atoms with E-state index in [-0.39, 0.29) is 13.8 Å². The second-order valence-corrected chi connectivity index (χ2v) is 11.8. The summed E-state index contributed by atoms with van der Waals surface area (Å²) in [6.45, 7) is 1.62. The minimum Gasteiger partial charge on any atom is -0.497 e. The number of aromatic amines is 1. The molecule has 1 fully saturated rings. The summed E-state index contributed by atoms with van der Waals surface area (Å²) in [7, 11) is 0.966. The Kier molecular flexibility index (Phi) is 10.3. The molecule has 0 spiro atoms. The van der Waals surface area contributed by atoms with E-state index < -0.39 is 42.3 Å². The fourth-order valence-corrected chi connectivity index (χ4v) is 6.53. The van der Waals surface area contributed by atoms with Crippen molar-refractivity contribution in [3.8, 4) is 11.5 Å². The number of rotatable bonds is 10. The van der Waals surface area contributed by atoms with E-state index in [9.17, 15) is 14.2 Å². The van der Waals surface area contributed by atoms with Gasteiger partial charge in [0.05, 0.1) is 20.3 Å². The number of H-pyrrole nitrogens is 1. The highest BCUT2D eigenvalue weighted by Crippen LogP contribution is 2.48. The number of ether oxygens (including phenoxy) is 3. The number of thiol groups is 1. The molecule has 0 aliphatic carbocycles. The molecule has 0 saturated carbocycles. The van der Waals surface area contributed by atoms with Gasteiger partial charge in [0.1, 0.15) is 36.1 Å². The number of methoxy groups -OCH3 is 2. The maximum Gasteiger partial charge on any atom is 0.582 e. The standard InChI is InChI=1S/C31H31N2O7PS.CH4/c1-20-19-33(30(35)32-29(20)34)28-17-26(40-41(36)42)27(39-28)18-31(21-7-5-4-6-8-21,22-9-13-24(37-2)14-10-22)23-11-15-25(38-3)16-12-23;/h4-16,19,26-28H,17-18H2,1-3H3,(H-,32,34,35,36,42);1H4/p+1/t26?,27-,28-;/m1./s1. The van der Waals surface area contributed by atoms with Gasteiger partial charge in [0.15, 0.2) is 0 Å². The molecule has 1 saturated heterocycles. The van der Waals surface area contributed by atoms with Crippen molar-refractivity contribution in [3.05, 3.63) is 128 Å². The molecule has 9 nitrogen and oxygen atoms in total. The van der Waals surface area contributed by atoms with Crippen LogP contribution in [0.3, 0.4) is 0 Å². The van der Waals surface area contributed by atoms with Gasteiger partial charge in [-0.1, -0.05) is 62.0 Å². The second-order valence-electron chi connectivity index (χ2n) is 10.2. The Morgan fingerprint density at radius 3 is 1.98 bits per heavy atom. The molecule has 1 aliphatic heterocycles. The number of nitrogens with zero attached hydrogens (tertiary/aromatic N) is 1. The van der Waals surface area contributed by atoms with E-state index in [1.165, 1.54) is 10.8 Å². The van der Waals surface area contributed by atoms with Crippen LogP contribution in [-0.4, -0.2) is 36.0 Å². The largest absolute Gasteiger partial charge is 0.582 e. The van der Waals surface area contributed by atoms with E-state index in [0.29, 0.717) is 23.5 Å². The summed E-state index contributed by atoms with van der Waals surface area (Å²) in [6.07, 6.45) is 0.0354. The van der Waals surface area contributed by atoms with Gasteiger partial charge in [-0.3, -0.25) is 14.3 Å². The summed E-state index contributed by atoms with van der Waals surface area (Å²) in [4.78, 5) is 27.1. The quantitative estimate of drug-likeness (QED) is 0.123. The Labute approximate surface area is 256 Å². The minimum atomic E-state index is -2.28. The van der Waals surface area contributed by atoms with Gasteiger partial charge >= 0.3 is 12.9 Å². The lowest BCUT2D eigenvalue weighted by Crippen LogP contribution is -2.38. The molecule has 0 amide bonds. The summed E-state index contributed by atoms with van der Waals surface area (Å²) < 4.78 is 36.9. The third-order valence-electron chi connectivity index (χ3n) is 7.80. The van der Waals surface area contributed by atoms with Crippen molar-refractivity contribution in [3.63, 3.8) is 0 Å². The van der Waals surface area contributed by atoms with Crippen molar-refractivity contribution in [1.82, 2.24) is 9.55 Å². The lowest BCUT2D eigenvalue weighted by molar-refractivity contribution is -0.0252. The van der Waals surface area contributed by atoms with Crippen molar-refractivity contribution in [2.24, 2.45) is 0 Å². The first-order chi connectivity index (χ1) is 20.2. The summed E-state index contributed by atoms with van der Waals surface area (Å²) >= 11 is 4.03. The fraction of sp³-hybridized carbons (Fsp3) is 0.312. The van der Waals surface area contributed by atoms with E-state index in [1.54, 1.807) is 21.1 Å². The number of benzene rings is 3. The summed E-state index contributed by atoms with van der Waals surface area (Å²) in [5.41, 5.74) is 1.49. The van der Waals surface area contributed by atoms with Crippen molar-refractivity contribution in [2.75, 3.05) is 14.2 Å². The molecular weight excluding hydrogens is 587 g/mol. The zero-order chi connectivity index (χ0) is 29.9. The first kappa shape index (κ1) is 32.2. The molecule has 11 heteroatoms. The molecular formula is C32H36N2O7PS+. The van der Waals surface area contributed by atoms with Crippen molar-refractivity contribution in [2.45, 2.75) is 51.0 Å². The van der Waals surface area contributed by atoms with Crippen LogP contribution in [0.15, 0.2) is 94.6 Å². The van der Waals surface area contributed by atoms with Crippen LogP contribution >= 0.6 is 19.5 Å². The van der Waals surface area contributed by atoms with Gasteiger partial charge in [0, 0.05) is 23.6 Å². The molecule has 0 radical (unpaired) electrons. The predicted molar refractivity (Wildman–Crippen MR) is 170 cm³/mol. The monoisotopic (exact) mass is 623 g/mol. The molecule has 1 aromatic heterocycles. The van der Waals surface area contributed by atoms with Gasteiger partial charge in [-0.15, -0.1) is 4.52 Å². The second kappa shape index (κ2) is 13.7. The van der Waals surface area contributed by atoms with Crippen LogP contribution in [0.1, 0.15) is 48.8 Å². The van der Waals surface area contributed by atoms with Crippen LogP contribution < -0.4 is 20.7 Å². The Bertz CT molecular complexity index is 1610. The molecule has 4 atom stereocenters. The van der Waals surface area contributed by atoms with Gasteiger partial charge in [-0.2, -0.15) is 0 Å². The number of aromatic nitrogens is 2. The van der Waals surface area contributed by atoms with E-state index in [0.717, 1.165) is 16.7 Å². The van der Waals surface area contributed by atoms with Crippen molar-refractivity contribution < 1.29 is 23.3 Å². The highest BCUT2D eigenvalue weighted by molar-refractivity contribution is 8.39. The molecule has 1 N–H and O–H groups in total. The SMILES string of the molecule is C.COc1ccc(C(C[C@H]2O[C@@H](n3cc(C)c(=O)[nH]c3=O)CC2O[P+](=O)S)(c2ccccc2)c2ccc(OC)cc2)cc1. The van der Waals surface area contributed by atoms with Gasteiger partial charge < -0.3 is 14.2 Å². The highest BCUT2D eigenvalue weighted by atomic mass is 32.7. The zero-order valence-corrected chi connectivity index (χ0v) is 25.2. The smallest absolute Gasteiger partial charge is 0.497 e. The first-order valence-corrected chi connectivity index (χ1v) is 15.7. The van der Waals surface area contributed by atoms with E-state index in [1.807, 2.05) is 66.7 Å². The number of hydrogen-bond donors (Lipinski definition) is 2. The molecule has 4 aromatic rings. The first-order valence-electron chi connectivity index (χ1n) is 13.4. The Morgan fingerprint density at radius 1 is 0.930 bits per heavy atom. The Morgan fingerprint density at radius 2 is 1.47 bits per heavy atom. The van der Waals surface area contributed by atoms with Gasteiger partial charge in [0.2, 0.25) is 0 Å². The normalized spacial score (nSPS) is 18.5. The fourth-order valence-electron chi connectivity index (χ4n) is 5.71. The van der Waals surface area contributed by atoms with Crippen LogP contribution in [0.25, 0.3) is 0 Å².